The molecular formula is C26H30N4O3. The number of hydrogen-bond acceptors (Lipinski definition) is 4. The molecule has 0 bridgehead atoms. The highest BCUT2D eigenvalue weighted by atomic mass is 16.2. The number of fused-ring (bicyclic) bond motifs is 1. The molecule has 0 radical (unpaired) electrons. The van der Waals surface area contributed by atoms with E-state index >= 15 is 0 Å². The molecule has 2 aromatic rings. The Morgan fingerprint density at radius 3 is 2.42 bits per heavy atom. The van der Waals surface area contributed by atoms with Gasteiger partial charge in [0.25, 0.3) is 5.91 Å². The monoisotopic (exact) mass is 446 g/mol. The summed E-state index contributed by atoms with van der Waals surface area (Å²) in [6.45, 7) is 2.39. The molecule has 0 saturated carbocycles. The molecular weight excluding hydrogens is 416 g/mol. The molecule has 172 valence electrons. The summed E-state index contributed by atoms with van der Waals surface area (Å²) in [6, 6.07) is 17.3. The molecule has 5 rings (SSSR count). The second kappa shape index (κ2) is 8.89. The van der Waals surface area contributed by atoms with Gasteiger partial charge in [-0.2, -0.15) is 0 Å². The summed E-state index contributed by atoms with van der Waals surface area (Å²) in [5, 5.41) is 6.62. The summed E-state index contributed by atoms with van der Waals surface area (Å²) in [5.41, 5.74) is 1.86. The maximum atomic E-state index is 13.4. The number of benzene rings is 2. The van der Waals surface area contributed by atoms with Crippen molar-refractivity contribution in [3.63, 3.8) is 0 Å². The van der Waals surface area contributed by atoms with Crippen LogP contribution in [0.2, 0.25) is 0 Å². The molecule has 2 saturated heterocycles. The third kappa shape index (κ3) is 4.45. The van der Waals surface area contributed by atoms with Crippen LogP contribution in [0.25, 0.3) is 0 Å². The Hall–Kier alpha value is -3.35. The van der Waals surface area contributed by atoms with Crippen LogP contribution in [0.15, 0.2) is 54.6 Å². The Morgan fingerprint density at radius 2 is 1.64 bits per heavy atom. The molecule has 3 aliphatic heterocycles. The molecule has 2 fully saturated rings. The second-order valence-corrected chi connectivity index (χ2v) is 9.39. The maximum Gasteiger partial charge on any atom is 0.255 e. The van der Waals surface area contributed by atoms with Crippen molar-refractivity contribution in [3.8, 4) is 0 Å². The first-order valence-corrected chi connectivity index (χ1v) is 11.8. The van der Waals surface area contributed by atoms with Crippen molar-refractivity contribution in [2.75, 3.05) is 31.5 Å². The van der Waals surface area contributed by atoms with Crippen LogP contribution >= 0.6 is 0 Å². The summed E-state index contributed by atoms with van der Waals surface area (Å²) in [7, 11) is 0. The number of rotatable bonds is 3. The molecule has 1 spiro atoms. The van der Waals surface area contributed by atoms with Gasteiger partial charge in [-0.15, -0.1) is 0 Å². The molecule has 1 atom stereocenters. The highest BCUT2D eigenvalue weighted by Crippen LogP contribution is 2.32. The normalized spacial score (nSPS) is 23.0. The minimum Gasteiger partial charge on any atom is -0.361 e. The van der Waals surface area contributed by atoms with Gasteiger partial charge in [-0.1, -0.05) is 42.5 Å². The summed E-state index contributed by atoms with van der Waals surface area (Å²) >= 11 is 0. The number of nitrogens with one attached hydrogen (secondary N) is 2. The van der Waals surface area contributed by atoms with Crippen molar-refractivity contribution in [1.82, 2.24) is 15.1 Å². The van der Waals surface area contributed by atoms with Gasteiger partial charge >= 0.3 is 0 Å². The molecule has 7 heteroatoms. The Bertz CT molecular complexity index is 1050. The second-order valence-electron chi connectivity index (χ2n) is 9.39. The molecule has 2 aromatic carbocycles. The molecule has 3 amide bonds. The number of anilines is 1. The van der Waals surface area contributed by atoms with E-state index in [0.717, 1.165) is 24.1 Å². The number of hydrogen-bond donors (Lipinski definition) is 2. The number of amides is 3. The third-order valence-corrected chi connectivity index (χ3v) is 7.10. The molecule has 33 heavy (non-hydrogen) atoms. The minimum atomic E-state index is -0.619. The molecule has 0 aromatic heterocycles. The van der Waals surface area contributed by atoms with E-state index < -0.39 is 5.66 Å². The predicted molar refractivity (Wildman–Crippen MR) is 126 cm³/mol. The summed E-state index contributed by atoms with van der Waals surface area (Å²) in [4.78, 5) is 42.5. The van der Waals surface area contributed by atoms with Gasteiger partial charge in [0.15, 0.2) is 0 Å². The van der Waals surface area contributed by atoms with Crippen molar-refractivity contribution >= 4 is 23.4 Å². The van der Waals surface area contributed by atoms with Gasteiger partial charge in [-0.05, 0) is 43.4 Å². The molecule has 0 aliphatic carbocycles. The van der Waals surface area contributed by atoms with Crippen molar-refractivity contribution in [2.24, 2.45) is 5.92 Å². The Morgan fingerprint density at radius 1 is 0.909 bits per heavy atom. The van der Waals surface area contributed by atoms with Gasteiger partial charge in [0, 0.05) is 31.2 Å². The van der Waals surface area contributed by atoms with E-state index in [4.69, 9.17) is 0 Å². The van der Waals surface area contributed by atoms with Crippen LogP contribution in [0.1, 0.15) is 41.6 Å². The van der Waals surface area contributed by atoms with Gasteiger partial charge in [0.1, 0.15) is 5.66 Å². The summed E-state index contributed by atoms with van der Waals surface area (Å²) < 4.78 is 0. The Balaban J connectivity index is 1.19. The SMILES string of the molecule is O=C1NC2(CCCN(C(=O)C3CCN(C(=O)Cc4ccccc4)CC3)C2)Nc2ccccc21. The highest BCUT2D eigenvalue weighted by molar-refractivity contribution is 6.02. The van der Waals surface area contributed by atoms with Crippen molar-refractivity contribution < 1.29 is 14.4 Å². The lowest BCUT2D eigenvalue weighted by Gasteiger charge is -2.47. The number of piperidine rings is 2. The van der Waals surface area contributed by atoms with Crippen LogP contribution < -0.4 is 10.6 Å². The highest BCUT2D eigenvalue weighted by Gasteiger charge is 2.43. The fourth-order valence-electron chi connectivity index (χ4n) is 5.33. The largest absolute Gasteiger partial charge is 0.361 e. The van der Waals surface area contributed by atoms with E-state index in [2.05, 4.69) is 10.6 Å². The predicted octanol–water partition coefficient (Wildman–Crippen LogP) is 2.64. The molecule has 3 heterocycles. The first-order valence-electron chi connectivity index (χ1n) is 11.8. The molecule has 2 N–H and O–H groups in total. The smallest absolute Gasteiger partial charge is 0.255 e. The van der Waals surface area contributed by atoms with E-state index in [1.54, 1.807) is 0 Å². The zero-order valence-electron chi connectivity index (χ0n) is 18.8. The number of nitrogens with zero attached hydrogens (tertiary/aromatic N) is 2. The zero-order chi connectivity index (χ0) is 22.8. The molecule has 1 unspecified atom stereocenters. The number of carbonyl (C=O) groups is 3. The summed E-state index contributed by atoms with van der Waals surface area (Å²) in [6.07, 6.45) is 3.39. The lowest BCUT2D eigenvalue weighted by molar-refractivity contribution is -0.142. The van der Waals surface area contributed by atoms with Gasteiger partial charge in [-0.25, -0.2) is 0 Å². The Labute approximate surface area is 194 Å². The van der Waals surface area contributed by atoms with E-state index in [-0.39, 0.29) is 23.6 Å². The van der Waals surface area contributed by atoms with Crippen LogP contribution in [-0.4, -0.2) is 59.4 Å². The van der Waals surface area contributed by atoms with Gasteiger partial charge in [0.05, 0.1) is 18.5 Å². The lowest BCUT2D eigenvalue weighted by atomic mass is 9.90. The van der Waals surface area contributed by atoms with Crippen LogP contribution in [-0.2, 0) is 16.0 Å². The van der Waals surface area contributed by atoms with E-state index in [1.165, 1.54) is 0 Å². The Kier molecular flexibility index (Phi) is 5.79. The van der Waals surface area contributed by atoms with Crippen molar-refractivity contribution in [1.29, 1.82) is 0 Å². The van der Waals surface area contributed by atoms with Crippen LogP contribution in [0.3, 0.4) is 0 Å². The summed E-state index contributed by atoms with van der Waals surface area (Å²) in [5.74, 6) is 0.0901. The van der Waals surface area contributed by atoms with Gasteiger partial charge < -0.3 is 20.4 Å². The first-order chi connectivity index (χ1) is 16.0. The van der Waals surface area contributed by atoms with E-state index in [0.29, 0.717) is 51.0 Å². The standard InChI is InChI=1S/C26H30N4O3/c31-23(17-19-7-2-1-3-8-19)29-15-11-20(12-16-29)25(33)30-14-6-13-26(18-30)27-22-10-5-4-9-21(22)24(32)28-26/h1-5,7-10,20,27H,6,11-18H2,(H,28,32). The number of likely N-dealkylation sites (tertiary alicyclic amines) is 2. The maximum absolute atomic E-state index is 13.4. The third-order valence-electron chi connectivity index (χ3n) is 7.10. The van der Waals surface area contributed by atoms with Crippen molar-refractivity contribution in [3.05, 3.63) is 65.7 Å². The lowest BCUT2D eigenvalue weighted by Crippen LogP contribution is -2.66. The van der Waals surface area contributed by atoms with Crippen LogP contribution in [0.5, 0.6) is 0 Å². The van der Waals surface area contributed by atoms with Crippen LogP contribution in [0.4, 0.5) is 5.69 Å². The van der Waals surface area contributed by atoms with Crippen molar-refractivity contribution in [2.45, 2.75) is 37.8 Å². The first kappa shape index (κ1) is 21.5. The fourth-order valence-corrected chi connectivity index (χ4v) is 5.33. The number of para-hydroxylation sites is 1. The topological polar surface area (TPSA) is 81.8 Å². The van der Waals surface area contributed by atoms with E-state index in [1.807, 2.05) is 64.4 Å². The van der Waals surface area contributed by atoms with Gasteiger partial charge in [0.2, 0.25) is 11.8 Å². The number of carbonyl (C=O) groups excluding carboxylic acids is 3. The van der Waals surface area contributed by atoms with Crippen LogP contribution in [0, 0.1) is 5.92 Å². The minimum absolute atomic E-state index is 0.0764. The average molecular weight is 447 g/mol. The molecule has 3 aliphatic rings. The quantitative estimate of drug-likeness (QED) is 0.760. The fraction of sp³-hybridized carbons (Fsp3) is 0.423. The average Bonchev–Trinajstić information content (AvgIpc) is 2.84. The zero-order valence-corrected chi connectivity index (χ0v) is 18.8. The van der Waals surface area contributed by atoms with Gasteiger partial charge in [-0.3, -0.25) is 14.4 Å². The van der Waals surface area contributed by atoms with E-state index in [9.17, 15) is 14.4 Å². The molecule has 7 nitrogen and oxygen atoms in total.